The smallest absolute Gasteiger partial charge is 0.305 e. The van der Waals surface area contributed by atoms with Crippen LogP contribution in [-0.4, -0.2) is 86.5 Å². The van der Waals surface area contributed by atoms with Crippen molar-refractivity contribution in [1.29, 1.82) is 0 Å². The van der Waals surface area contributed by atoms with Crippen LogP contribution in [0.25, 0.3) is 0 Å². The van der Waals surface area contributed by atoms with Gasteiger partial charge >= 0.3 is 5.97 Å². The number of carboxylic acids is 1. The minimum atomic E-state index is -1.05. The number of hydrogen-bond acceptors (Lipinski definition) is 8. The van der Waals surface area contributed by atoms with E-state index in [9.17, 15) is 24.0 Å². The second kappa shape index (κ2) is 15.5. The van der Waals surface area contributed by atoms with Crippen molar-refractivity contribution in [1.82, 2.24) is 10.2 Å². The number of imide groups is 1. The lowest BCUT2D eigenvalue weighted by Gasteiger charge is -2.23. The predicted molar refractivity (Wildman–Crippen MR) is 119 cm³/mol. The highest BCUT2D eigenvalue weighted by Crippen LogP contribution is 2.21. The number of aldehydes is 1. The molecule has 0 aromatic heterocycles. The first-order valence-corrected chi connectivity index (χ1v) is 10.5. The summed E-state index contributed by atoms with van der Waals surface area (Å²) in [5.41, 5.74) is 1.52. The minimum Gasteiger partial charge on any atom is -0.481 e. The quantitative estimate of drug-likeness (QED) is 0.222. The molecule has 0 spiro atoms. The molecule has 3 N–H and O–H groups in total. The van der Waals surface area contributed by atoms with Crippen molar-refractivity contribution in [3.05, 3.63) is 29.3 Å². The molecule has 33 heavy (non-hydrogen) atoms. The van der Waals surface area contributed by atoms with Gasteiger partial charge in [0.1, 0.15) is 6.29 Å². The number of carbonyl (C=O) groups excluding carboxylic acids is 4. The SMILES string of the molecule is CNC(=O)CCC(C=O)N(C=O)C(=O)c1cccc(NCCOCCOCCC(=O)O)c1C. The van der Waals surface area contributed by atoms with Crippen LogP contribution in [0.4, 0.5) is 5.69 Å². The number of hydrogen-bond donors (Lipinski definition) is 3. The fourth-order valence-corrected chi connectivity index (χ4v) is 2.89. The van der Waals surface area contributed by atoms with Crippen LogP contribution in [0.1, 0.15) is 35.2 Å². The van der Waals surface area contributed by atoms with Crippen molar-refractivity contribution < 1.29 is 38.6 Å². The number of ether oxygens (including phenoxy) is 2. The lowest BCUT2D eigenvalue weighted by Crippen LogP contribution is -2.41. The van der Waals surface area contributed by atoms with Crippen LogP contribution in [0.15, 0.2) is 18.2 Å². The molecule has 182 valence electrons. The van der Waals surface area contributed by atoms with Gasteiger partial charge in [-0.1, -0.05) is 6.07 Å². The summed E-state index contributed by atoms with van der Waals surface area (Å²) < 4.78 is 10.5. The number of nitrogens with one attached hydrogen (secondary N) is 2. The van der Waals surface area contributed by atoms with Crippen molar-refractivity contribution in [2.75, 3.05) is 45.3 Å². The largest absolute Gasteiger partial charge is 0.481 e. The summed E-state index contributed by atoms with van der Waals surface area (Å²) in [6.07, 6.45) is 0.760. The van der Waals surface area contributed by atoms with Crippen molar-refractivity contribution in [3.8, 4) is 0 Å². The molecular formula is C22H31N3O8. The number of carbonyl (C=O) groups is 5. The summed E-state index contributed by atoms with van der Waals surface area (Å²) >= 11 is 0. The van der Waals surface area contributed by atoms with Crippen LogP contribution in [0.2, 0.25) is 0 Å². The molecule has 1 atom stereocenters. The van der Waals surface area contributed by atoms with E-state index in [1.165, 1.54) is 7.05 Å². The maximum absolute atomic E-state index is 12.9. The maximum Gasteiger partial charge on any atom is 0.305 e. The molecule has 1 aromatic carbocycles. The van der Waals surface area contributed by atoms with E-state index in [4.69, 9.17) is 14.6 Å². The Hall–Kier alpha value is -3.31. The zero-order valence-corrected chi connectivity index (χ0v) is 18.9. The molecule has 11 heteroatoms. The van der Waals surface area contributed by atoms with Gasteiger partial charge in [0, 0.05) is 31.3 Å². The Morgan fingerprint density at radius 2 is 1.79 bits per heavy atom. The van der Waals surface area contributed by atoms with Crippen LogP contribution in [0.5, 0.6) is 0 Å². The molecule has 1 unspecified atom stereocenters. The van der Waals surface area contributed by atoms with E-state index in [1.54, 1.807) is 25.1 Å². The number of carboxylic acid groups (broad SMARTS) is 1. The number of nitrogens with zero attached hydrogens (tertiary/aromatic N) is 1. The Morgan fingerprint density at radius 1 is 1.09 bits per heavy atom. The molecule has 0 bridgehead atoms. The molecule has 0 radical (unpaired) electrons. The van der Waals surface area contributed by atoms with Gasteiger partial charge in [0.15, 0.2) is 0 Å². The summed E-state index contributed by atoms with van der Waals surface area (Å²) in [6.45, 7) is 3.24. The molecule has 0 saturated heterocycles. The van der Waals surface area contributed by atoms with Crippen molar-refractivity contribution in [3.63, 3.8) is 0 Å². The Kier molecular flexibility index (Phi) is 13.0. The van der Waals surface area contributed by atoms with Crippen molar-refractivity contribution in [2.24, 2.45) is 0 Å². The van der Waals surface area contributed by atoms with E-state index in [0.717, 1.165) is 4.90 Å². The highest BCUT2D eigenvalue weighted by molar-refractivity contribution is 6.03. The fourth-order valence-electron chi connectivity index (χ4n) is 2.89. The maximum atomic E-state index is 12.9. The Balaban J connectivity index is 2.62. The molecule has 0 heterocycles. The van der Waals surface area contributed by atoms with Crippen LogP contribution >= 0.6 is 0 Å². The molecule has 0 aliphatic rings. The molecule has 0 aliphatic heterocycles. The van der Waals surface area contributed by atoms with Crippen LogP contribution in [0, 0.1) is 6.92 Å². The van der Waals surface area contributed by atoms with E-state index < -0.39 is 17.9 Å². The van der Waals surface area contributed by atoms with Gasteiger partial charge in [-0.05, 0) is 31.0 Å². The lowest BCUT2D eigenvalue weighted by molar-refractivity contribution is -0.138. The fraction of sp³-hybridized carbons (Fsp3) is 0.500. The molecule has 0 aliphatic carbocycles. The highest BCUT2D eigenvalue weighted by Gasteiger charge is 2.26. The van der Waals surface area contributed by atoms with E-state index in [1.807, 2.05) is 0 Å². The number of anilines is 1. The summed E-state index contributed by atoms with van der Waals surface area (Å²) in [5, 5.41) is 14.1. The normalized spacial score (nSPS) is 11.3. The Labute approximate surface area is 192 Å². The van der Waals surface area contributed by atoms with Gasteiger partial charge in [-0.2, -0.15) is 0 Å². The summed E-state index contributed by atoms with van der Waals surface area (Å²) in [5.74, 6) is -1.84. The van der Waals surface area contributed by atoms with E-state index in [0.29, 0.717) is 43.7 Å². The second-order valence-electron chi connectivity index (χ2n) is 7.01. The first-order chi connectivity index (χ1) is 15.8. The molecular weight excluding hydrogens is 434 g/mol. The van der Waals surface area contributed by atoms with Gasteiger partial charge < -0.3 is 30.0 Å². The summed E-state index contributed by atoms with van der Waals surface area (Å²) in [6, 6.07) is 3.94. The van der Waals surface area contributed by atoms with Crippen LogP contribution in [-0.2, 0) is 28.7 Å². The molecule has 0 saturated carbocycles. The van der Waals surface area contributed by atoms with E-state index in [-0.39, 0.29) is 43.9 Å². The monoisotopic (exact) mass is 465 g/mol. The third-order valence-electron chi connectivity index (χ3n) is 4.77. The molecule has 11 nitrogen and oxygen atoms in total. The Bertz CT molecular complexity index is 815. The molecule has 1 rings (SSSR count). The lowest BCUT2D eigenvalue weighted by atomic mass is 10.0. The second-order valence-corrected chi connectivity index (χ2v) is 7.01. The summed E-state index contributed by atoms with van der Waals surface area (Å²) in [7, 11) is 1.46. The average Bonchev–Trinajstić information content (AvgIpc) is 2.80. The predicted octanol–water partition coefficient (Wildman–Crippen LogP) is 0.607. The third kappa shape index (κ3) is 9.79. The topological polar surface area (TPSA) is 151 Å². The standard InChI is InChI=1S/C22H31N3O8/c1-16-18(22(31)25(15-27)17(14-26)6-7-20(28)23-2)4-3-5-19(16)24-9-11-33-13-12-32-10-8-21(29)30/h3-5,14-15,17,24H,6-13H2,1-2H3,(H,23,28)(H,29,30). The van der Waals surface area contributed by atoms with Gasteiger partial charge in [-0.15, -0.1) is 0 Å². The van der Waals surface area contributed by atoms with Gasteiger partial charge in [0.05, 0.1) is 38.9 Å². The summed E-state index contributed by atoms with van der Waals surface area (Å²) in [4.78, 5) is 58.6. The van der Waals surface area contributed by atoms with Crippen molar-refractivity contribution >= 4 is 36.2 Å². The van der Waals surface area contributed by atoms with Gasteiger partial charge in [0.2, 0.25) is 12.3 Å². The zero-order chi connectivity index (χ0) is 24.6. The van der Waals surface area contributed by atoms with E-state index >= 15 is 0 Å². The highest BCUT2D eigenvalue weighted by atomic mass is 16.5. The third-order valence-corrected chi connectivity index (χ3v) is 4.77. The molecule has 0 fully saturated rings. The Morgan fingerprint density at radius 3 is 2.39 bits per heavy atom. The molecule has 1 aromatic rings. The zero-order valence-electron chi connectivity index (χ0n) is 18.9. The molecule has 3 amide bonds. The first kappa shape index (κ1) is 27.7. The first-order valence-electron chi connectivity index (χ1n) is 10.5. The number of amides is 3. The minimum absolute atomic E-state index is 0.00268. The number of aliphatic carboxylic acids is 1. The van der Waals surface area contributed by atoms with E-state index in [2.05, 4.69) is 10.6 Å². The van der Waals surface area contributed by atoms with Crippen LogP contribution in [0.3, 0.4) is 0 Å². The average molecular weight is 466 g/mol. The van der Waals surface area contributed by atoms with Gasteiger partial charge in [-0.25, -0.2) is 0 Å². The number of benzene rings is 1. The van der Waals surface area contributed by atoms with Gasteiger partial charge in [0.25, 0.3) is 5.91 Å². The number of rotatable bonds is 17. The van der Waals surface area contributed by atoms with Crippen LogP contribution < -0.4 is 10.6 Å². The van der Waals surface area contributed by atoms with Crippen molar-refractivity contribution in [2.45, 2.75) is 32.2 Å². The van der Waals surface area contributed by atoms with Gasteiger partial charge in [-0.3, -0.25) is 24.1 Å².